The van der Waals surface area contributed by atoms with Gasteiger partial charge in [-0.15, -0.1) is 0 Å². The molecule has 162 valence electrons. The molecule has 0 radical (unpaired) electrons. The Kier molecular flexibility index (Phi) is 14.7. The lowest BCUT2D eigenvalue weighted by Gasteiger charge is -2.19. The molecular weight excluding hydrogens is 368 g/mol. The van der Waals surface area contributed by atoms with Crippen LogP contribution >= 0.6 is 0 Å². The summed E-state index contributed by atoms with van der Waals surface area (Å²) in [4.78, 5) is 46.7. The maximum Gasteiger partial charge on any atom is 0.307 e. The van der Waals surface area contributed by atoms with Crippen molar-refractivity contribution in [2.75, 3.05) is 13.2 Å². The number of rotatable bonds is 17. The number of carboxylic acids is 2. The van der Waals surface area contributed by atoms with Gasteiger partial charge in [-0.25, -0.2) is 0 Å². The van der Waals surface area contributed by atoms with Crippen molar-refractivity contribution in [3.8, 4) is 0 Å². The van der Waals surface area contributed by atoms with E-state index in [2.05, 4.69) is 0 Å². The van der Waals surface area contributed by atoms with Gasteiger partial charge in [0.15, 0.2) is 0 Å². The van der Waals surface area contributed by atoms with Crippen LogP contribution in [0.15, 0.2) is 0 Å². The second-order valence-electron chi connectivity index (χ2n) is 6.86. The Labute approximate surface area is 166 Å². The summed E-state index contributed by atoms with van der Waals surface area (Å²) in [6.45, 7) is 4.43. The van der Waals surface area contributed by atoms with Crippen LogP contribution in [0.5, 0.6) is 0 Å². The van der Waals surface area contributed by atoms with Gasteiger partial charge in [-0.05, 0) is 12.8 Å². The van der Waals surface area contributed by atoms with Crippen LogP contribution in [0.2, 0.25) is 0 Å². The van der Waals surface area contributed by atoms with Crippen molar-refractivity contribution in [1.82, 2.24) is 0 Å². The Morgan fingerprint density at radius 3 is 1.29 bits per heavy atom. The minimum atomic E-state index is -1.55. The quantitative estimate of drug-likeness (QED) is 0.280. The minimum absolute atomic E-state index is 0.169. The highest BCUT2D eigenvalue weighted by atomic mass is 16.5. The summed E-state index contributed by atoms with van der Waals surface area (Å²) in [7, 11) is 0. The maximum absolute atomic E-state index is 11.9. The van der Waals surface area contributed by atoms with Crippen molar-refractivity contribution in [3.05, 3.63) is 0 Å². The molecule has 8 nitrogen and oxygen atoms in total. The van der Waals surface area contributed by atoms with E-state index in [1.54, 1.807) is 0 Å². The molecule has 0 fully saturated rings. The van der Waals surface area contributed by atoms with Gasteiger partial charge in [-0.1, -0.05) is 52.4 Å². The number of esters is 2. The molecule has 0 spiro atoms. The van der Waals surface area contributed by atoms with E-state index >= 15 is 0 Å². The van der Waals surface area contributed by atoms with Crippen LogP contribution in [0.25, 0.3) is 0 Å². The van der Waals surface area contributed by atoms with Gasteiger partial charge in [0, 0.05) is 0 Å². The summed E-state index contributed by atoms with van der Waals surface area (Å²) in [5.41, 5.74) is 0. The van der Waals surface area contributed by atoms with Crippen molar-refractivity contribution in [2.24, 2.45) is 11.8 Å². The second-order valence-corrected chi connectivity index (χ2v) is 6.86. The molecule has 2 unspecified atom stereocenters. The van der Waals surface area contributed by atoms with Gasteiger partial charge in [-0.3, -0.25) is 19.2 Å². The average molecular weight is 402 g/mol. The maximum atomic E-state index is 11.9. The zero-order valence-electron chi connectivity index (χ0n) is 17.0. The molecule has 0 saturated heterocycles. The monoisotopic (exact) mass is 402 g/mol. The van der Waals surface area contributed by atoms with Crippen molar-refractivity contribution in [1.29, 1.82) is 0 Å². The lowest BCUT2D eigenvalue weighted by atomic mass is 9.87. The standard InChI is InChI=1S/C20H34O8/c1-3-5-7-9-11-27-17(21)13-15(19(23)24)16(20(25)26)14-18(22)28-12-10-8-6-4-2/h15-16H,3-14H2,1-2H3,(H,23,24)(H,25,26). The van der Waals surface area contributed by atoms with Gasteiger partial charge in [-0.2, -0.15) is 0 Å². The Bertz CT molecular complexity index is 445. The highest BCUT2D eigenvalue weighted by molar-refractivity contribution is 5.87. The molecule has 0 aliphatic carbocycles. The van der Waals surface area contributed by atoms with E-state index in [1.807, 2.05) is 13.8 Å². The fraction of sp³-hybridized carbons (Fsp3) is 0.800. The zero-order chi connectivity index (χ0) is 21.4. The van der Waals surface area contributed by atoms with E-state index in [1.165, 1.54) is 0 Å². The van der Waals surface area contributed by atoms with E-state index in [9.17, 15) is 29.4 Å². The molecule has 0 aliphatic heterocycles. The van der Waals surface area contributed by atoms with Crippen molar-refractivity contribution < 1.29 is 38.9 Å². The van der Waals surface area contributed by atoms with Crippen LogP contribution in [0, 0.1) is 11.8 Å². The van der Waals surface area contributed by atoms with Crippen LogP contribution in [-0.4, -0.2) is 47.3 Å². The van der Waals surface area contributed by atoms with Gasteiger partial charge in [0.2, 0.25) is 0 Å². The topological polar surface area (TPSA) is 127 Å². The Morgan fingerprint density at radius 1 is 0.643 bits per heavy atom. The molecule has 0 aliphatic rings. The fourth-order valence-electron chi connectivity index (χ4n) is 2.71. The first-order valence-corrected chi connectivity index (χ1v) is 10.1. The molecule has 28 heavy (non-hydrogen) atoms. The Morgan fingerprint density at radius 2 is 1.00 bits per heavy atom. The van der Waals surface area contributed by atoms with Crippen LogP contribution < -0.4 is 0 Å². The molecule has 2 atom stereocenters. The van der Waals surface area contributed by atoms with Gasteiger partial charge in [0.05, 0.1) is 37.9 Å². The molecule has 2 N–H and O–H groups in total. The van der Waals surface area contributed by atoms with Gasteiger partial charge >= 0.3 is 23.9 Å². The van der Waals surface area contributed by atoms with Gasteiger partial charge in [0.25, 0.3) is 0 Å². The predicted molar refractivity (Wildman–Crippen MR) is 102 cm³/mol. The van der Waals surface area contributed by atoms with Crippen LogP contribution in [0.1, 0.15) is 78.1 Å². The summed E-state index contributed by atoms with van der Waals surface area (Å²) < 4.78 is 9.99. The number of unbranched alkanes of at least 4 members (excludes halogenated alkanes) is 6. The Balaban J connectivity index is 4.60. The molecule has 0 amide bonds. The average Bonchev–Trinajstić information content (AvgIpc) is 2.63. The summed E-state index contributed by atoms with van der Waals surface area (Å²) >= 11 is 0. The van der Waals surface area contributed by atoms with Crippen molar-refractivity contribution >= 4 is 23.9 Å². The predicted octanol–water partition coefficient (Wildman–Crippen LogP) is 3.42. The number of ether oxygens (including phenoxy) is 2. The van der Waals surface area contributed by atoms with Crippen LogP contribution in [0.4, 0.5) is 0 Å². The SMILES string of the molecule is CCCCCCOC(=O)CC(C(=O)O)C(CC(=O)OCCCCCC)C(=O)O. The smallest absolute Gasteiger partial charge is 0.307 e. The normalized spacial score (nSPS) is 12.8. The highest BCUT2D eigenvalue weighted by Crippen LogP contribution is 2.22. The zero-order valence-corrected chi connectivity index (χ0v) is 17.0. The number of carbonyl (C=O) groups is 4. The molecule has 0 aromatic carbocycles. The first-order valence-electron chi connectivity index (χ1n) is 10.1. The van der Waals surface area contributed by atoms with E-state index in [0.717, 1.165) is 38.5 Å². The Hall–Kier alpha value is -2.12. The minimum Gasteiger partial charge on any atom is -0.481 e. The van der Waals surface area contributed by atoms with E-state index < -0.39 is 48.6 Å². The fourth-order valence-corrected chi connectivity index (χ4v) is 2.71. The number of hydrogen-bond acceptors (Lipinski definition) is 6. The molecule has 0 heterocycles. The van der Waals surface area contributed by atoms with Crippen LogP contribution in [-0.2, 0) is 28.7 Å². The van der Waals surface area contributed by atoms with Gasteiger partial charge in [0.1, 0.15) is 0 Å². The van der Waals surface area contributed by atoms with Crippen molar-refractivity contribution in [3.63, 3.8) is 0 Å². The summed E-state index contributed by atoms with van der Waals surface area (Å²) in [6.07, 6.45) is 6.03. The summed E-state index contributed by atoms with van der Waals surface area (Å²) in [5, 5.41) is 18.7. The van der Waals surface area contributed by atoms with E-state index in [0.29, 0.717) is 12.8 Å². The molecular formula is C20H34O8. The molecule has 0 bridgehead atoms. The number of aliphatic carboxylic acids is 2. The third-order valence-corrected chi connectivity index (χ3v) is 4.42. The van der Waals surface area contributed by atoms with Crippen molar-refractivity contribution in [2.45, 2.75) is 78.1 Å². The van der Waals surface area contributed by atoms with Gasteiger partial charge < -0.3 is 19.7 Å². The largest absolute Gasteiger partial charge is 0.481 e. The summed E-state index contributed by atoms with van der Waals surface area (Å²) in [5.74, 6) is -7.55. The summed E-state index contributed by atoms with van der Waals surface area (Å²) in [6, 6.07) is 0. The lowest BCUT2D eigenvalue weighted by Crippen LogP contribution is -2.34. The highest BCUT2D eigenvalue weighted by Gasteiger charge is 2.37. The number of hydrogen-bond donors (Lipinski definition) is 2. The lowest BCUT2D eigenvalue weighted by molar-refractivity contribution is -0.162. The number of carboxylic acid groups (broad SMARTS) is 2. The van der Waals surface area contributed by atoms with E-state index in [4.69, 9.17) is 9.47 Å². The third-order valence-electron chi connectivity index (χ3n) is 4.42. The second kappa shape index (κ2) is 15.9. The third kappa shape index (κ3) is 12.3. The number of carbonyl (C=O) groups excluding carboxylic acids is 2. The molecule has 0 aromatic rings. The molecule has 0 saturated carbocycles. The van der Waals surface area contributed by atoms with Crippen LogP contribution in [0.3, 0.4) is 0 Å². The van der Waals surface area contributed by atoms with E-state index in [-0.39, 0.29) is 13.2 Å². The first kappa shape index (κ1) is 25.9. The molecule has 8 heteroatoms. The first-order chi connectivity index (χ1) is 13.3. The molecule has 0 aromatic heterocycles. The molecule has 0 rings (SSSR count).